The molecule has 11 aromatic rings. The fourth-order valence-electron chi connectivity index (χ4n) is 17.3. The number of carbonyl (C=O) groups is 6. The first-order chi connectivity index (χ1) is 58.3. The molecular formula is C92H94N20O6S2. The van der Waals surface area contributed by atoms with Crippen LogP contribution in [0.3, 0.4) is 0 Å². The van der Waals surface area contributed by atoms with Crippen LogP contribution < -0.4 is 16.0 Å². The number of piperidine rings is 2. The Morgan fingerprint density at radius 3 is 1.23 bits per heavy atom. The highest BCUT2D eigenvalue weighted by Gasteiger charge is 2.47. The maximum Gasteiger partial charge on any atom is 0.244 e. The largest absolute Gasteiger partial charge is 0.342 e. The van der Waals surface area contributed by atoms with Crippen LogP contribution in [-0.2, 0) is 28.8 Å². The molecule has 5 fully saturated rings. The average molecular weight is 1640 g/mol. The van der Waals surface area contributed by atoms with Crippen LogP contribution in [0, 0.1) is 80.0 Å². The minimum absolute atomic E-state index is 0.0481. The first-order valence-electron chi connectivity index (χ1n) is 40.8. The SMILES string of the molecule is C#CC1(C(=O)Nc2ccc3[nH]nc(-c4ccnc(C)c4)c3c2)CCN(CC(=O)N2CC=C(c3nccs3)CC2)C1.C#CC1(C(=O)Nc2ccc3[nH]nc(-c4ccnc(C)c4)c3c2)CCN(CC(=O)N2CCC(C3=CCC=C3)CC2)C1.C#CC1(C(=O)Nc2ccc3[nH]nc(-c4ccnc(C)c4)c3c2)CCN(CC(=O)N2CCC(c3nccs3)CC2)C1. The molecule has 120 heavy (non-hydrogen) atoms. The van der Waals surface area contributed by atoms with Gasteiger partial charge in [-0.1, -0.05) is 42.1 Å². The molecule has 3 atom stereocenters. The lowest BCUT2D eigenvalue weighted by atomic mass is 9.87. The molecule has 14 heterocycles. The average Bonchev–Trinajstić information content (AvgIpc) is 1.61. The molecule has 26 nitrogen and oxygen atoms in total. The highest BCUT2D eigenvalue weighted by atomic mass is 32.1. The van der Waals surface area contributed by atoms with Crippen molar-refractivity contribution in [3.05, 3.63) is 190 Å². The number of aryl methyl sites for hydroxylation is 3. The van der Waals surface area contributed by atoms with Crippen LogP contribution in [-0.4, -0.2) is 219 Å². The van der Waals surface area contributed by atoms with Gasteiger partial charge in [-0.05, 0) is 187 Å². The van der Waals surface area contributed by atoms with E-state index in [1.807, 2.05) is 158 Å². The quantitative estimate of drug-likeness (QED) is 0.0435. The van der Waals surface area contributed by atoms with Crippen molar-refractivity contribution in [3.8, 4) is 70.8 Å². The van der Waals surface area contributed by atoms with Crippen LogP contribution in [0.4, 0.5) is 17.1 Å². The molecule has 0 bridgehead atoms. The number of likely N-dealkylation sites (tertiary alicyclic amines) is 5. The fraction of sp³-hybridized carbons (Fsp3) is 0.348. The molecule has 0 spiro atoms. The zero-order valence-corrected chi connectivity index (χ0v) is 69.0. The van der Waals surface area contributed by atoms with Crippen LogP contribution in [0.2, 0.25) is 0 Å². The Morgan fingerprint density at radius 2 is 0.875 bits per heavy atom. The zero-order valence-electron chi connectivity index (χ0n) is 67.4. The molecule has 8 aromatic heterocycles. The van der Waals surface area contributed by atoms with Crippen LogP contribution in [0.1, 0.15) is 90.8 Å². The Balaban J connectivity index is 0.000000134. The Kier molecular flexibility index (Phi) is 24.0. The summed E-state index contributed by atoms with van der Waals surface area (Å²) >= 11 is 3.30. The van der Waals surface area contributed by atoms with Gasteiger partial charge in [0.25, 0.3) is 0 Å². The number of hydrogen-bond donors (Lipinski definition) is 6. The second-order valence-electron chi connectivity index (χ2n) is 32.2. The van der Waals surface area contributed by atoms with Crippen molar-refractivity contribution < 1.29 is 28.8 Å². The molecule has 3 unspecified atom stereocenters. The van der Waals surface area contributed by atoms with E-state index in [2.05, 4.69) is 114 Å². The van der Waals surface area contributed by atoms with Gasteiger partial charge >= 0.3 is 0 Å². The number of pyridine rings is 3. The van der Waals surface area contributed by atoms with Crippen LogP contribution in [0.25, 0.3) is 72.1 Å². The summed E-state index contributed by atoms with van der Waals surface area (Å²) in [5.74, 6) is 8.87. The summed E-state index contributed by atoms with van der Waals surface area (Å²) in [6, 6.07) is 28.6. The summed E-state index contributed by atoms with van der Waals surface area (Å²) in [7, 11) is 0. The second-order valence-corrected chi connectivity index (χ2v) is 34.0. The van der Waals surface area contributed by atoms with Crippen LogP contribution >= 0.6 is 22.7 Å². The number of terminal acetylenes is 3. The van der Waals surface area contributed by atoms with Crippen molar-refractivity contribution >= 4 is 113 Å². The minimum atomic E-state index is -1.00. The maximum atomic E-state index is 13.5. The number of hydrogen-bond acceptors (Lipinski definition) is 19. The number of thiazole rings is 2. The summed E-state index contributed by atoms with van der Waals surface area (Å²) in [6.07, 6.45) is 42.8. The highest BCUT2D eigenvalue weighted by molar-refractivity contribution is 7.10. The first kappa shape index (κ1) is 81.1. The van der Waals surface area contributed by atoms with E-state index in [-0.39, 0.29) is 48.5 Å². The minimum Gasteiger partial charge on any atom is -0.342 e. The number of H-pyrrole nitrogens is 3. The normalized spacial score (nSPS) is 20.3. The summed E-state index contributed by atoms with van der Waals surface area (Å²) in [5.41, 5.74) is 12.1. The number of aromatic amines is 3. The Bertz CT molecular complexity index is 5930. The molecule has 18 rings (SSSR count). The van der Waals surface area contributed by atoms with Crippen LogP contribution in [0.15, 0.2) is 163 Å². The van der Waals surface area contributed by atoms with Crippen molar-refractivity contribution in [3.63, 3.8) is 0 Å². The van der Waals surface area contributed by atoms with E-state index in [0.717, 1.165) is 158 Å². The second kappa shape index (κ2) is 35.5. The molecule has 5 saturated heterocycles. The monoisotopic (exact) mass is 1640 g/mol. The van der Waals surface area contributed by atoms with Gasteiger partial charge in [0.1, 0.15) is 38.3 Å². The summed E-state index contributed by atoms with van der Waals surface area (Å²) in [6.45, 7) is 13.7. The molecule has 0 radical (unpaired) electrons. The number of aromatic nitrogens is 11. The summed E-state index contributed by atoms with van der Waals surface area (Å²) < 4.78 is 0. The maximum absolute atomic E-state index is 13.5. The van der Waals surface area contributed by atoms with Gasteiger partial charge in [0.2, 0.25) is 35.4 Å². The molecule has 610 valence electrons. The van der Waals surface area contributed by atoms with Crippen molar-refractivity contribution in [1.82, 2.24) is 84.9 Å². The topological polar surface area (TPSA) is 308 Å². The van der Waals surface area contributed by atoms with Gasteiger partial charge < -0.3 is 30.7 Å². The molecule has 1 aliphatic carbocycles. The molecule has 6 aliphatic heterocycles. The van der Waals surface area contributed by atoms with E-state index in [9.17, 15) is 28.8 Å². The third-order valence-electron chi connectivity index (χ3n) is 24.3. The van der Waals surface area contributed by atoms with E-state index in [0.29, 0.717) is 107 Å². The van der Waals surface area contributed by atoms with E-state index in [1.54, 1.807) is 47.5 Å². The van der Waals surface area contributed by atoms with Crippen molar-refractivity contribution in [2.24, 2.45) is 22.2 Å². The highest BCUT2D eigenvalue weighted by Crippen LogP contribution is 2.40. The van der Waals surface area contributed by atoms with E-state index in [1.165, 1.54) is 11.1 Å². The number of anilines is 3. The number of rotatable bonds is 18. The van der Waals surface area contributed by atoms with Crippen molar-refractivity contribution in [2.45, 2.75) is 84.5 Å². The summed E-state index contributed by atoms with van der Waals surface area (Å²) in [5, 5.41) is 40.6. The van der Waals surface area contributed by atoms with Crippen molar-refractivity contribution in [1.29, 1.82) is 0 Å². The van der Waals surface area contributed by atoms with Gasteiger partial charge in [-0.25, -0.2) is 9.97 Å². The molecule has 6 N–H and O–H groups in total. The lowest BCUT2D eigenvalue weighted by molar-refractivity contribution is -0.134. The van der Waals surface area contributed by atoms with E-state index < -0.39 is 16.2 Å². The Hall–Kier alpha value is -12.6. The predicted octanol–water partition coefficient (Wildman–Crippen LogP) is 12.4. The van der Waals surface area contributed by atoms with Gasteiger partial charge in [-0.15, -0.1) is 41.9 Å². The fourth-order valence-corrected chi connectivity index (χ4v) is 18.9. The van der Waals surface area contributed by atoms with Crippen LogP contribution in [0.5, 0.6) is 0 Å². The van der Waals surface area contributed by atoms with Gasteiger partial charge in [-0.3, -0.25) is 73.7 Å². The number of benzene rings is 3. The smallest absolute Gasteiger partial charge is 0.244 e. The summed E-state index contributed by atoms with van der Waals surface area (Å²) in [4.78, 5) is 113. The number of allylic oxidation sites excluding steroid dienone is 4. The lowest BCUT2D eigenvalue weighted by Gasteiger charge is -2.33. The van der Waals surface area contributed by atoms with Gasteiger partial charge in [-0.2, -0.15) is 15.3 Å². The van der Waals surface area contributed by atoms with Crippen molar-refractivity contribution in [2.75, 3.05) is 114 Å². The first-order valence-corrected chi connectivity index (χ1v) is 42.5. The lowest BCUT2D eigenvalue weighted by Crippen LogP contribution is -2.45. The van der Waals surface area contributed by atoms with Gasteiger partial charge in [0.15, 0.2) is 0 Å². The molecule has 6 amide bonds. The zero-order chi connectivity index (χ0) is 83.1. The molecule has 7 aliphatic rings. The number of fused-ring (bicyclic) bond motifs is 3. The molecular weight excluding hydrogens is 1550 g/mol. The third-order valence-corrected chi connectivity index (χ3v) is 26.0. The number of nitrogens with one attached hydrogen (secondary N) is 6. The van der Waals surface area contributed by atoms with Gasteiger partial charge in [0.05, 0.1) is 41.2 Å². The third kappa shape index (κ3) is 17.7. The molecule has 3 aromatic carbocycles. The van der Waals surface area contributed by atoms with Gasteiger partial charge in [0, 0.05) is 193 Å². The number of carbonyl (C=O) groups excluding carboxylic acids is 6. The molecule has 28 heteroatoms. The predicted molar refractivity (Wildman–Crippen MR) is 468 cm³/mol. The molecule has 0 saturated carbocycles. The number of amides is 6. The standard InChI is InChI=1S/C32H34N6O2.C30H31N7O2S.C30H29N7O2S/c1-3-32(13-17-37(21-32)20-29(39)38-15-11-24(12-16-38)23-6-4-5-7-23)31(40)34-26-8-9-28-27(19-26)30(36-35-28)25-10-14-33-22(2)18-25;2*1-3-30(9-14-36(19-30)18-26(38)37-12-7-21(8-13-37)28-32-11-15-40-28)29(39)33-23-4-5-25-24(17-23)27(35-34-25)22-6-10-31-20(2)16-22/h1,4,6-10,14,18-19,24H,5,11-13,15-17,20-21H2,2H3,(H,34,40)(H,35,36);1,4-6,10-11,15-17,21H,7-9,12-14,18-19H2,2H3,(H,33,39)(H,34,35);1,4-7,10-11,15-17H,8-9,12-14,18-19H2,2H3,(H,33,39)(H,34,35). The Morgan fingerprint density at radius 1 is 0.467 bits per heavy atom. The Labute approximate surface area is 704 Å². The number of nitrogens with zero attached hydrogens (tertiary/aromatic N) is 14. The van der Waals surface area contributed by atoms with E-state index in [4.69, 9.17) is 19.3 Å². The van der Waals surface area contributed by atoms with E-state index >= 15 is 0 Å².